The molecular formula is C27H27N7O6. The first-order valence-corrected chi connectivity index (χ1v) is 12.8. The Kier molecular flexibility index (Phi) is 7.23. The Morgan fingerprint density at radius 3 is 2.65 bits per heavy atom. The van der Waals surface area contributed by atoms with Crippen LogP contribution in [-0.4, -0.2) is 69.1 Å². The van der Waals surface area contributed by atoms with Gasteiger partial charge in [0.05, 0.1) is 12.6 Å². The van der Waals surface area contributed by atoms with Gasteiger partial charge in [-0.15, -0.1) is 0 Å². The van der Waals surface area contributed by atoms with Crippen molar-refractivity contribution in [1.29, 1.82) is 0 Å². The third-order valence-corrected chi connectivity index (χ3v) is 6.52. The van der Waals surface area contributed by atoms with Crippen LogP contribution in [0.25, 0.3) is 17.2 Å². The van der Waals surface area contributed by atoms with Crippen LogP contribution in [0.15, 0.2) is 71.9 Å². The van der Waals surface area contributed by atoms with Gasteiger partial charge in [-0.1, -0.05) is 36.4 Å². The number of anilines is 1. The van der Waals surface area contributed by atoms with Crippen molar-refractivity contribution in [1.82, 2.24) is 30.2 Å². The molecule has 4 aromatic rings. The number of fused-ring (bicyclic) bond motifs is 2. The summed E-state index contributed by atoms with van der Waals surface area (Å²) in [6.45, 7) is 2.43. The van der Waals surface area contributed by atoms with Gasteiger partial charge in [-0.2, -0.15) is 0 Å². The van der Waals surface area contributed by atoms with Crippen molar-refractivity contribution in [3.63, 3.8) is 0 Å². The smallest absolute Gasteiger partial charge is 0.320 e. The summed E-state index contributed by atoms with van der Waals surface area (Å²) >= 11 is 0. The summed E-state index contributed by atoms with van der Waals surface area (Å²) in [5.41, 5.74) is 1.84. The lowest BCUT2D eigenvalue weighted by atomic mass is 10.1. The van der Waals surface area contributed by atoms with Gasteiger partial charge >= 0.3 is 6.03 Å². The Bertz CT molecular complexity index is 1510. The third kappa shape index (κ3) is 5.17. The lowest BCUT2D eigenvalue weighted by Gasteiger charge is -2.20. The number of imidazole rings is 1. The highest BCUT2D eigenvalue weighted by Gasteiger charge is 2.53. The fraction of sp³-hybridized carbons (Fsp3) is 0.296. The summed E-state index contributed by atoms with van der Waals surface area (Å²) in [6.07, 6.45) is 5.20. The molecule has 2 fully saturated rings. The fourth-order valence-electron chi connectivity index (χ4n) is 4.72. The van der Waals surface area contributed by atoms with E-state index < -0.39 is 36.9 Å². The predicted octanol–water partition coefficient (Wildman–Crippen LogP) is 2.71. The Hall–Kier alpha value is -4.59. The summed E-state index contributed by atoms with van der Waals surface area (Å²) in [4.78, 5) is 37.6. The van der Waals surface area contributed by atoms with Gasteiger partial charge in [0.2, 0.25) is 0 Å². The SMILES string of the molecule is CCNC(=O)Nc1ncnc2c1ncn2[C@@H]1O[C@H](CNC(=O)c2ccco2)[C@H]2O[C@H](/C=C/c3ccccc3)O[C@H]21. The topological polar surface area (TPSA) is 155 Å². The highest BCUT2D eigenvalue weighted by molar-refractivity contribution is 5.95. The van der Waals surface area contributed by atoms with Crippen LogP contribution in [0.5, 0.6) is 0 Å². The van der Waals surface area contributed by atoms with E-state index in [0.717, 1.165) is 5.56 Å². The third-order valence-electron chi connectivity index (χ3n) is 6.52. The number of hydrogen-bond donors (Lipinski definition) is 3. The van der Waals surface area contributed by atoms with Gasteiger partial charge in [-0.25, -0.2) is 19.7 Å². The van der Waals surface area contributed by atoms with E-state index in [2.05, 4.69) is 30.9 Å². The van der Waals surface area contributed by atoms with E-state index in [1.54, 1.807) is 23.0 Å². The number of aromatic nitrogens is 4. The molecule has 13 heteroatoms. The second-order valence-electron chi connectivity index (χ2n) is 9.12. The molecule has 13 nitrogen and oxygen atoms in total. The predicted molar refractivity (Wildman–Crippen MR) is 142 cm³/mol. The Labute approximate surface area is 228 Å². The van der Waals surface area contributed by atoms with Crippen LogP contribution in [0, 0.1) is 0 Å². The van der Waals surface area contributed by atoms with E-state index in [1.165, 1.54) is 12.6 Å². The van der Waals surface area contributed by atoms with Crippen LogP contribution >= 0.6 is 0 Å². The van der Waals surface area contributed by atoms with E-state index >= 15 is 0 Å². The van der Waals surface area contributed by atoms with E-state index in [0.29, 0.717) is 17.7 Å². The second-order valence-corrected chi connectivity index (χ2v) is 9.12. The number of hydrogen-bond acceptors (Lipinski definition) is 9. The van der Waals surface area contributed by atoms with Crippen molar-refractivity contribution in [2.45, 2.75) is 37.8 Å². The van der Waals surface area contributed by atoms with Gasteiger partial charge in [0.15, 0.2) is 35.3 Å². The normalized spacial score (nSPS) is 23.9. The Morgan fingerprint density at radius 2 is 1.85 bits per heavy atom. The fourth-order valence-corrected chi connectivity index (χ4v) is 4.72. The first-order chi connectivity index (χ1) is 19.6. The molecule has 0 unspecified atom stereocenters. The van der Waals surface area contributed by atoms with Crippen molar-refractivity contribution in [2.24, 2.45) is 0 Å². The Balaban J connectivity index is 1.25. The molecule has 206 valence electrons. The number of ether oxygens (including phenoxy) is 3. The quantitative estimate of drug-likeness (QED) is 0.303. The largest absolute Gasteiger partial charge is 0.459 e. The van der Waals surface area contributed by atoms with Gasteiger partial charge in [-0.05, 0) is 30.7 Å². The maximum Gasteiger partial charge on any atom is 0.320 e. The molecule has 0 saturated carbocycles. The number of carbonyl (C=O) groups excluding carboxylic acids is 2. The summed E-state index contributed by atoms with van der Waals surface area (Å²) in [5, 5.41) is 8.20. The van der Waals surface area contributed by atoms with Crippen LogP contribution in [0.3, 0.4) is 0 Å². The molecule has 6 rings (SSSR count). The van der Waals surface area contributed by atoms with Crippen LogP contribution in [0.4, 0.5) is 10.6 Å². The monoisotopic (exact) mass is 545 g/mol. The summed E-state index contributed by atoms with van der Waals surface area (Å²) < 4.78 is 25.8. The number of nitrogens with zero attached hydrogens (tertiary/aromatic N) is 4. The summed E-state index contributed by atoms with van der Waals surface area (Å²) in [7, 11) is 0. The molecule has 2 aliphatic heterocycles. The van der Waals surface area contributed by atoms with Crippen LogP contribution < -0.4 is 16.0 Å². The molecule has 1 aromatic carbocycles. The minimum absolute atomic E-state index is 0.154. The minimum Gasteiger partial charge on any atom is -0.459 e. The minimum atomic E-state index is -0.678. The highest BCUT2D eigenvalue weighted by atomic mass is 16.8. The number of urea groups is 1. The molecule has 2 aliphatic rings. The van der Waals surface area contributed by atoms with E-state index in [9.17, 15) is 9.59 Å². The van der Waals surface area contributed by atoms with Crippen LogP contribution in [0.1, 0.15) is 29.3 Å². The van der Waals surface area contributed by atoms with Crippen molar-refractivity contribution in [2.75, 3.05) is 18.4 Å². The van der Waals surface area contributed by atoms with Crippen molar-refractivity contribution < 1.29 is 28.2 Å². The molecule has 2 saturated heterocycles. The maximum absolute atomic E-state index is 12.5. The van der Waals surface area contributed by atoms with E-state index in [1.807, 2.05) is 49.4 Å². The molecule has 0 aliphatic carbocycles. The number of nitrogens with one attached hydrogen (secondary N) is 3. The first kappa shape index (κ1) is 25.7. The molecule has 0 radical (unpaired) electrons. The molecular weight excluding hydrogens is 518 g/mol. The van der Waals surface area contributed by atoms with Crippen molar-refractivity contribution in [3.05, 3.63) is 78.8 Å². The summed E-state index contributed by atoms with van der Waals surface area (Å²) in [6, 6.07) is 12.6. The average Bonchev–Trinajstić information content (AvgIpc) is 3.76. The lowest BCUT2D eigenvalue weighted by molar-refractivity contribution is -0.124. The van der Waals surface area contributed by atoms with Gasteiger partial charge in [0.25, 0.3) is 5.91 Å². The molecule has 5 atom stereocenters. The summed E-state index contributed by atoms with van der Waals surface area (Å²) in [5.74, 6) is 0.0940. The van der Waals surface area contributed by atoms with Crippen molar-refractivity contribution >= 4 is 35.0 Å². The Morgan fingerprint density at radius 1 is 1.00 bits per heavy atom. The zero-order valence-electron chi connectivity index (χ0n) is 21.5. The molecule has 3 aromatic heterocycles. The highest BCUT2D eigenvalue weighted by Crippen LogP contribution is 2.41. The van der Waals surface area contributed by atoms with Gasteiger partial charge in [0.1, 0.15) is 24.6 Å². The van der Waals surface area contributed by atoms with Gasteiger partial charge < -0.3 is 29.3 Å². The zero-order valence-corrected chi connectivity index (χ0v) is 21.5. The van der Waals surface area contributed by atoms with E-state index in [4.69, 9.17) is 18.6 Å². The molecule has 40 heavy (non-hydrogen) atoms. The number of amides is 3. The van der Waals surface area contributed by atoms with Gasteiger partial charge in [-0.3, -0.25) is 14.7 Å². The molecule has 0 spiro atoms. The lowest BCUT2D eigenvalue weighted by Crippen LogP contribution is -2.39. The maximum atomic E-state index is 12.5. The molecule has 0 bridgehead atoms. The molecule has 5 heterocycles. The standard InChI is InChI=1S/C27H27N7O6/c1-2-28-27(36)33-23-20-24(31-14-30-23)34(15-32-20)26-22-21(18(38-26)13-29-25(35)17-9-6-12-37-17)39-19(40-22)11-10-16-7-4-3-5-8-16/h3-12,14-15,18-19,21-22,26H,2,13H2,1H3,(H,29,35)(H2,28,30,31,33,36)/b11-10+/t18-,19+,21-,22-,26-/m1/s1. The average molecular weight is 546 g/mol. The van der Waals surface area contributed by atoms with E-state index in [-0.39, 0.29) is 24.0 Å². The number of furan rings is 1. The first-order valence-electron chi connectivity index (χ1n) is 12.8. The van der Waals surface area contributed by atoms with Crippen molar-refractivity contribution in [3.8, 4) is 0 Å². The zero-order chi connectivity index (χ0) is 27.5. The second kappa shape index (κ2) is 11.3. The molecule has 3 N–H and O–H groups in total. The van der Waals surface area contributed by atoms with Crippen LogP contribution in [-0.2, 0) is 14.2 Å². The van der Waals surface area contributed by atoms with Gasteiger partial charge in [0, 0.05) is 13.1 Å². The number of benzene rings is 1. The number of carbonyl (C=O) groups is 2. The number of rotatable bonds is 8. The van der Waals surface area contributed by atoms with Crippen LogP contribution in [0.2, 0.25) is 0 Å². The molecule has 3 amide bonds.